The molecule has 0 unspecified atom stereocenters. The second kappa shape index (κ2) is 8.03. The van der Waals surface area contributed by atoms with E-state index >= 15 is 0 Å². The highest BCUT2D eigenvalue weighted by molar-refractivity contribution is 6.03. The number of aryl methyl sites for hydroxylation is 1. The van der Waals surface area contributed by atoms with Crippen LogP contribution in [-0.2, 0) is 15.9 Å². The number of rotatable bonds is 6. The quantitative estimate of drug-likeness (QED) is 0.540. The Morgan fingerprint density at radius 3 is 2.36 bits per heavy atom. The number of carboxylic acid groups (broad SMARTS) is 1. The summed E-state index contributed by atoms with van der Waals surface area (Å²) < 4.78 is 29.0. The van der Waals surface area contributed by atoms with Crippen LogP contribution in [-0.4, -0.2) is 27.0 Å². The van der Waals surface area contributed by atoms with Gasteiger partial charge in [0.1, 0.15) is 11.5 Å². The minimum atomic E-state index is -1.70. The highest BCUT2D eigenvalue weighted by Gasteiger charge is 2.53. The number of amides is 1. The van der Waals surface area contributed by atoms with Crippen molar-refractivity contribution in [3.8, 4) is 11.3 Å². The van der Waals surface area contributed by atoms with E-state index in [0.29, 0.717) is 29.8 Å². The Morgan fingerprint density at radius 2 is 1.82 bits per heavy atom. The maximum absolute atomic E-state index is 14.8. The predicted octanol–water partition coefficient (Wildman–Crippen LogP) is 5.16. The molecule has 1 saturated carbocycles. The summed E-state index contributed by atoms with van der Waals surface area (Å²) in [5.41, 5.74) is -0.672. The number of nitrogens with zero attached hydrogens (tertiary/aromatic N) is 2. The van der Waals surface area contributed by atoms with Crippen molar-refractivity contribution in [2.45, 2.75) is 44.7 Å². The molecule has 1 amide bonds. The van der Waals surface area contributed by atoms with Gasteiger partial charge in [0.15, 0.2) is 0 Å². The van der Waals surface area contributed by atoms with Crippen LogP contribution in [0.5, 0.6) is 0 Å². The smallest absolute Gasteiger partial charge is 0.336 e. The lowest BCUT2D eigenvalue weighted by Crippen LogP contribution is -2.29. The topological polar surface area (TPSA) is 92.2 Å². The number of alkyl halides is 1. The van der Waals surface area contributed by atoms with E-state index in [1.807, 2.05) is 0 Å². The third-order valence-electron chi connectivity index (χ3n) is 5.92. The maximum Gasteiger partial charge on any atom is 0.336 e. The van der Waals surface area contributed by atoms with E-state index in [-0.39, 0.29) is 22.4 Å². The first-order valence-electron chi connectivity index (χ1n) is 10.5. The van der Waals surface area contributed by atoms with Crippen molar-refractivity contribution in [1.82, 2.24) is 9.97 Å². The molecular weight excluding hydrogens is 428 g/mol. The maximum atomic E-state index is 14.8. The van der Waals surface area contributed by atoms with Crippen LogP contribution >= 0.6 is 0 Å². The van der Waals surface area contributed by atoms with E-state index in [2.05, 4.69) is 15.3 Å². The fraction of sp³-hybridized carbons (Fsp3) is 0.280. The number of aromatic nitrogens is 2. The molecule has 6 nitrogen and oxygen atoms in total. The molecule has 0 aliphatic heterocycles. The van der Waals surface area contributed by atoms with Crippen LogP contribution in [0.1, 0.15) is 53.9 Å². The normalized spacial score (nSPS) is 14.6. The fourth-order valence-corrected chi connectivity index (χ4v) is 3.82. The lowest BCUT2D eigenvalue weighted by Gasteiger charge is -2.20. The van der Waals surface area contributed by atoms with Crippen molar-refractivity contribution in [2.24, 2.45) is 0 Å². The Bertz CT molecular complexity index is 1250. The molecule has 0 radical (unpaired) electrons. The number of aromatic carboxylic acids is 1. The van der Waals surface area contributed by atoms with E-state index in [1.54, 1.807) is 19.1 Å². The van der Waals surface area contributed by atoms with Gasteiger partial charge in [0, 0.05) is 23.0 Å². The highest BCUT2D eigenvalue weighted by Crippen LogP contribution is 2.50. The molecule has 3 aromatic rings. The van der Waals surface area contributed by atoms with Crippen LogP contribution in [0.3, 0.4) is 0 Å². The van der Waals surface area contributed by atoms with E-state index in [4.69, 9.17) is 0 Å². The molecule has 1 aliphatic carbocycles. The van der Waals surface area contributed by atoms with Gasteiger partial charge in [-0.05, 0) is 63.4 Å². The SMILES string of the molecule is Cc1cnc(-c2ccc(NC(=O)C3(c4ccc(C(C)(C)F)cc4F)CC3)cc2C(=O)O)cn1. The molecule has 1 aliphatic rings. The zero-order chi connectivity index (χ0) is 24.0. The van der Waals surface area contributed by atoms with Crippen LogP contribution in [0.2, 0.25) is 0 Å². The Kier molecular flexibility index (Phi) is 5.47. The molecular formula is C25H23F2N3O3. The van der Waals surface area contributed by atoms with Crippen LogP contribution in [0, 0.1) is 12.7 Å². The minimum Gasteiger partial charge on any atom is -0.478 e. The van der Waals surface area contributed by atoms with Gasteiger partial charge in [-0.25, -0.2) is 13.6 Å². The summed E-state index contributed by atoms with van der Waals surface area (Å²) in [5, 5.41) is 12.4. The number of nitrogens with one attached hydrogen (secondary N) is 1. The number of hydrogen-bond donors (Lipinski definition) is 2. The second-order valence-electron chi connectivity index (χ2n) is 8.81. The van der Waals surface area contributed by atoms with Gasteiger partial charge in [-0.3, -0.25) is 14.8 Å². The van der Waals surface area contributed by atoms with Gasteiger partial charge in [-0.2, -0.15) is 0 Å². The van der Waals surface area contributed by atoms with Crippen molar-refractivity contribution < 1.29 is 23.5 Å². The molecule has 1 heterocycles. The van der Waals surface area contributed by atoms with Crippen molar-refractivity contribution in [3.63, 3.8) is 0 Å². The van der Waals surface area contributed by atoms with Crippen molar-refractivity contribution in [2.75, 3.05) is 5.32 Å². The lowest BCUT2D eigenvalue weighted by atomic mass is 9.90. The summed E-state index contributed by atoms with van der Waals surface area (Å²) in [6.07, 6.45) is 3.91. The van der Waals surface area contributed by atoms with E-state index in [9.17, 15) is 23.5 Å². The molecule has 0 bridgehead atoms. The Labute approximate surface area is 189 Å². The first kappa shape index (κ1) is 22.5. The predicted molar refractivity (Wildman–Crippen MR) is 119 cm³/mol. The van der Waals surface area contributed by atoms with Gasteiger partial charge in [0.05, 0.1) is 28.6 Å². The Morgan fingerprint density at radius 1 is 1.09 bits per heavy atom. The molecule has 0 spiro atoms. The average molecular weight is 451 g/mol. The summed E-state index contributed by atoms with van der Waals surface area (Å²) in [6, 6.07) is 8.55. The number of benzene rings is 2. The Balaban J connectivity index is 1.62. The fourth-order valence-electron chi connectivity index (χ4n) is 3.82. The zero-order valence-electron chi connectivity index (χ0n) is 18.4. The third kappa shape index (κ3) is 4.33. The largest absolute Gasteiger partial charge is 0.478 e. The molecule has 8 heteroatoms. The van der Waals surface area contributed by atoms with Gasteiger partial charge in [-0.1, -0.05) is 12.1 Å². The van der Waals surface area contributed by atoms with Crippen molar-refractivity contribution in [3.05, 3.63) is 77.0 Å². The summed E-state index contributed by atoms with van der Waals surface area (Å²) in [7, 11) is 0. The second-order valence-corrected chi connectivity index (χ2v) is 8.81. The van der Waals surface area contributed by atoms with Crippen LogP contribution in [0.25, 0.3) is 11.3 Å². The van der Waals surface area contributed by atoms with Crippen LogP contribution in [0.15, 0.2) is 48.8 Å². The number of hydrogen-bond acceptors (Lipinski definition) is 4. The molecule has 170 valence electrons. The summed E-state index contributed by atoms with van der Waals surface area (Å²) in [5.74, 6) is -2.25. The van der Waals surface area contributed by atoms with E-state index in [1.165, 1.54) is 44.4 Å². The van der Waals surface area contributed by atoms with Crippen molar-refractivity contribution in [1.29, 1.82) is 0 Å². The Hall–Kier alpha value is -3.68. The van der Waals surface area contributed by atoms with Gasteiger partial charge >= 0.3 is 5.97 Å². The molecule has 2 N–H and O–H groups in total. The molecule has 2 aromatic carbocycles. The molecule has 0 atom stereocenters. The first-order valence-corrected chi connectivity index (χ1v) is 10.5. The zero-order valence-corrected chi connectivity index (χ0v) is 18.4. The van der Waals surface area contributed by atoms with E-state index in [0.717, 1.165) is 6.07 Å². The van der Waals surface area contributed by atoms with E-state index < -0.39 is 28.8 Å². The van der Waals surface area contributed by atoms with Gasteiger partial charge in [0.25, 0.3) is 0 Å². The number of halogens is 2. The molecule has 33 heavy (non-hydrogen) atoms. The van der Waals surface area contributed by atoms with Crippen LogP contribution in [0.4, 0.5) is 14.5 Å². The third-order valence-corrected chi connectivity index (χ3v) is 5.92. The summed E-state index contributed by atoms with van der Waals surface area (Å²) in [4.78, 5) is 33.3. The lowest BCUT2D eigenvalue weighted by molar-refractivity contribution is -0.118. The van der Waals surface area contributed by atoms with Gasteiger partial charge in [0.2, 0.25) is 5.91 Å². The highest BCUT2D eigenvalue weighted by atomic mass is 19.1. The molecule has 0 saturated heterocycles. The molecule has 1 fully saturated rings. The van der Waals surface area contributed by atoms with Crippen molar-refractivity contribution >= 4 is 17.6 Å². The molecule has 1 aromatic heterocycles. The standard InChI is InChI=1S/C25H23F2N3O3/c1-14-12-29-21(13-28-14)17-6-5-16(11-18(17)22(31)32)30-23(33)25(8-9-25)19-7-4-15(10-20(19)26)24(2,3)27/h4-7,10-13H,8-9H2,1-3H3,(H,30,33)(H,31,32). The summed E-state index contributed by atoms with van der Waals surface area (Å²) in [6.45, 7) is 4.45. The average Bonchev–Trinajstić information content (AvgIpc) is 3.55. The number of carbonyl (C=O) groups excluding carboxylic acids is 1. The minimum absolute atomic E-state index is 0.0449. The number of carbonyl (C=O) groups is 2. The van der Waals surface area contributed by atoms with Gasteiger partial charge < -0.3 is 10.4 Å². The number of carboxylic acids is 1. The molecule has 4 rings (SSSR count). The van der Waals surface area contributed by atoms with Gasteiger partial charge in [-0.15, -0.1) is 0 Å². The monoisotopic (exact) mass is 451 g/mol. The number of anilines is 1. The van der Waals surface area contributed by atoms with Crippen LogP contribution < -0.4 is 5.32 Å². The first-order chi connectivity index (χ1) is 15.5. The summed E-state index contributed by atoms with van der Waals surface area (Å²) >= 11 is 0.